The van der Waals surface area contributed by atoms with Gasteiger partial charge in [-0.3, -0.25) is 4.90 Å². The van der Waals surface area contributed by atoms with Gasteiger partial charge in [-0.05, 0) is 37.1 Å². The van der Waals surface area contributed by atoms with Gasteiger partial charge in [0.25, 0.3) is 0 Å². The summed E-state index contributed by atoms with van der Waals surface area (Å²) in [5, 5.41) is 0. The molecule has 3 rings (SSSR count). The zero-order chi connectivity index (χ0) is 17.5. The van der Waals surface area contributed by atoms with Crippen molar-refractivity contribution >= 4 is 6.03 Å². The van der Waals surface area contributed by atoms with E-state index in [1.807, 2.05) is 21.9 Å². The van der Waals surface area contributed by atoms with E-state index in [1.165, 1.54) is 5.56 Å². The van der Waals surface area contributed by atoms with Crippen molar-refractivity contribution in [3.63, 3.8) is 0 Å². The van der Waals surface area contributed by atoms with Crippen molar-refractivity contribution < 1.29 is 14.3 Å². The van der Waals surface area contributed by atoms with Crippen molar-refractivity contribution in [3.8, 4) is 5.75 Å². The van der Waals surface area contributed by atoms with E-state index in [2.05, 4.69) is 17.0 Å². The Morgan fingerprint density at radius 2 is 1.64 bits per heavy atom. The van der Waals surface area contributed by atoms with Crippen molar-refractivity contribution in [1.82, 2.24) is 14.7 Å². The van der Waals surface area contributed by atoms with Crippen LogP contribution in [0.1, 0.15) is 12.0 Å². The molecule has 25 heavy (non-hydrogen) atoms. The summed E-state index contributed by atoms with van der Waals surface area (Å²) >= 11 is 0. The number of amides is 2. The number of morpholine rings is 1. The maximum absolute atomic E-state index is 12.5. The Hall–Kier alpha value is -1.79. The molecule has 1 aromatic rings. The highest BCUT2D eigenvalue weighted by Crippen LogP contribution is 2.13. The van der Waals surface area contributed by atoms with Crippen LogP contribution in [0, 0.1) is 0 Å². The van der Waals surface area contributed by atoms with Gasteiger partial charge in [0.2, 0.25) is 0 Å². The number of methoxy groups -OCH3 is 1. The summed E-state index contributed by atoms with van der Waals surface area (Å²) < 4.78 is 10.5. The molecule has 0 saturated carbocycles. The lowest BCUT2D eigenvalue weighted by Crippen LogP contribution is -2.54. The van der Waals surface area contributed by atoms with E-state index in [0.717, 1.165) is 64.4 Å². The fourth-order valence-electron chi connectivity index (χ4n) is 3.42. The summed E-state index contributed by atoms with van der Waals surface area (Å²) in [5.41, 5.74) is 1.35. The number of hydrogen-bond donors (Lipinski definition) is 0. The van der Waals surface area contributed by atoms with Gasteiger partial charge < -0.3 is 19.3 Å². The number of hydrogen-bond acceptors (Lipinski definition) is 4. The first-order chi connectivity index (χ1) is 12.3. The largest absolute Gasteiger partial charge is 0.497 e. The second-order valence-electron chi connectivity index (χ2n) is 6.66. The number of urea groups is 1. The van der Waals surface area contributed by atoms with E-state index < -0.39 is 0 Å². The minimum absolute atomic E-state index is 0.182. The smallest absolute Gasteiger partial charge is 0.320 e. The van der Waals surface area contributed by atoms with Crippen molar-refractivity contribution in [2.45, 2.75) is 12.8 Å². The predicted octanol–water partition coefficient (Wildman–Crippen LogP) is 1.70. The molecule has 0 aliphatic carbocycles. The van der Waals surface area contributed by atoms with Crippen molar-refractivity contribution in [1.29, 1.82) is 0 Å². The minimum atomic E-state index is 0.182. The molecular formula is C19H29N3O3. The first kappa shape index (κ1) is 18.0. The molecule has 0 aromatic heterocycles. The highest BCUT2D eigenvalue weighted by Gasteiger charge is 2.26. The number of benzene rings is 1. The van der Waals surface area contributed by atoms with Crippen LogP contribution >= 0.6 is 0 Å². The zero-order valence-electron chi connectivity index (χ0n) is 15.2. The summed E-state index contributed by atoms with van der Waals surface area (Å²) in [6.45, 7) is 7.47. The summed E-state index contributed by atoms with van der Waals surface area (Å²) in [6, 6.07) is 8.49. The van der Waals surface area contributed by atoms with E-state index in [0.29, 0.717) is 13.2 Å². The quantitative estimate of drug-likeness (QED) is 0.813. The van der Waals surface area contributed by atoms with Crippen molar-refractivity contribution in [2.75, 3.05) is 66.1 Å². The van der Waals surface area contributed by atoms with Crippen LogP contribution in [0.25, 0.3) is 0 Å². The Morgan fingerprint density at radius 3 is 2.28 bits per heavy atom. The van der Waals surface area contributed by atoms with Crippen LogP contribution in [0.5, 0.6) is 5.75 Å². The van der Waals surface area contributed by atoms with E-state index >= 15 is 0 Å². The molecule has 6 heteroatoms. The lowest BCUT2D eigenvalue weighted by Gasteiger charge is -2.38. The second-order valence-corrected chi connectivity index (χ2v) is 6.66. The third kappa shape index (κ3) is 5.09. The van der Waals surface area contributed by atoms with Gasteiger partial charge in [-0.2, -0.15) is 0 Å². The topological polar surface area (TPSA) is 45.2 Å². The standard InChI is InChI=1S/C19H29N3O3/c1-24-18-6-4-17(5-7-18)3-2-8-20-9-11-21(12-10-20)19(23)22-13-15-25-16-14-22/h4-7H,2-3,8-16H2,1H3. The van der Waals surface area contributed by atoms with Gasteiger partial charge >= 0.3 is 6.03 Å². The maximum atomic E-state index is 12.5. The molecule has 2 aliphatic heterocycles. The van der Waals surface area contributed by atoms with Crippen LogP contribution < -0.4 is 4.74 Å². The summed E-state index contributed by atoms with van der Waals surface area (Å²) in [7, 11) is 1.69. The molecule has 2 aliphatic rings. The lowest BCUT2D eigenvalue weighted by molar-refractivity contribution is 0.0376. The number of carbonyl (C=O) groups excluding carboxylic acids is 1. The number of ether oxygens (including phenoxy) is 2. The molecule has 2 amide bonds. The molecule has 2 fully saturated rings. The van der Waals surface area contributed by atoms with Crippen LogP contribution in [0.4, 0.5) is 4.79 Å². The number of aryl methyl sites for hydroxylation is 1. The van der Waals surface area contributed by atoms with E-state index in [4.69, 9.17) is 9.47 Å². The highest BCUT2D eigenvalue weighted by atomic mass is 16.5. The van der Waals surface area contributed by atoms with Crippen LogP contribution in [-0.4, -0.2) is 86.9 Å². The highest BCUT2D eigenvalue weighted by molar-refractivity contribution is 5.74. The lowest BCUT2D eigenvalue weighted by atomic mass is 10.1. The van der Waals surface area contributed by atoms with E-state index in [-0.39, 0.29) is 6.03 Å². The van der Waals surface area contributed by atoms with Crippen molar-refractivity contribution in [3.05, 3.63) is 29.8 Å². The first-order valence-corrected chi connectivity index (χ1v) is 9.23. The zero-order valence-corrected chi connectivity index (χ0v) is 15.2. The molecule has 0 atom stereocenters. The number of carbonyl (C=O) groups is 1. The third-order valence-corrected chi connectivity index (χ3v) is 5.02. The normalized spacial score (nSPS) is 19.1. The van der Waals surface area contributed by atoms with Gasteiger partial charge in [-0.15, -0.1) is 0 Å². The SMILES string of the molecule is COc1ccc(CCCN2CCN(C(=O)N3CCOCC3)CC2)cc1. The fraction of sp³-hybridized carbons (Fsp3) is 0.632. The average Bonchev–Trinajstić information content (AvgIpc) is 2.69. The monoisotopic (exact) mass is 347 g/mol. The van der Waals surface area contributed by atoms with Gasteiger partial charge in [-0.25, -0.2) is 4.79 Å². The van der Waals surface area contributed by atoms with E-state index in [1.54, 1.807) is 7.11 Å². The van der Waals surface area contributed by atoms with Gasteiger partial charge in [0.05, 0.1) is 20.3 Å². The molecule has 0 spiro atoms. The van der Waals surface area contributed by atoms with Crippen molar-refractivity contribution in [2.24, 2.45) is 0 Å². The molecule has 0 bridgehead atoms. The molecule has 0 N–H and O–H groups in total. The molecular weight excluding hydrogens is 318 g/mol. The average molecular weight is 347 g/mol. The molecule has 6 nitrogen and oxygen atoms in total. The van der Waals surface area contributed by atoms with Gasteiger partial charge in [-0.1, -0.05) is 12.1 Å². The van der Waals surface area contributed by atoms with Crippen LogP contribution in [0.3, 0.4) is 0 Å². The second kappa shape index (κ2) is 9.06. The number of rotatable bonds is 5. The van der Waals surface area contributed by atoms with Crippen LogP contribution in [-0.2, 0) is 11.2 Å². The maximum Gasteiger partial charge on any atom is 0.320 e. The summed E-state index contributed by atoms with van der Waals surface area (Å²) in [6.07, 6.45) is 2.22. The molecule has 138 valence electrons. The Bertz CT molecular complexity index is 535. The third-order valence-electron chi connectivity index (χ3n) is 5.02. The summed E-state index contributed by atoms with van der Waals surface area (Å²) in [5.74, 6) is 0.907. The van der Waals surface area contributed by atoms with E-state index in [9.17, 15) is 4.79 Å². The van der Waals surface area contributed by atoms with Crippen LogP contribution in [0.2, 0.25) is 0 Å². The van der Waals surface area contributed by atoms with Gasteiger partial charge in [0.15, 0.2) is 0 Å². The van der Waals surface area contributed by atoms with Gasteiger partial charge in [0.1, 0.15) is 5.75 Å². The number of nitrogens with zero attached hydrogens (tertiary/aromatic N) is 3. The fourth-order valence-corrected chi connectivity index (χ4v) is 3.42. The minimum Gasteiger partial charge on any atom is -0.497 e. The molecule has 0 radical (unpaired) electrons. The molecule has 2 heterocycles. The summed E-state index contributed by atoms with van der Waals surface area (Å²) in [4.78, 5) is 18.9. The molecule has 1 aromatic carbocycles. The first-order valence-electron chi connectivity index (χ1n) is 9.23. The Kier molecular flexibility index (Phi) is 6.53. The Morgan fingerprint density at radius 1 is 1.00 bits per heavy atom. The Labute approximate surface area is 150 Å². The Balaban J connectivity index is 1.35. The number of piperazine rings is 1. The molecule has 2 saturated heterocycles. The van der Waals surface area contributed by atoms with Crippen LogP contribution in [0.15, 0.2) is 24.3 Å². The molecule has 0 unspecified atom stereocenters. The van der Waals surface area contributed by atoms with Gasteiger partial charge in [0, 0.05) is 39.3 Å². The predicted molar refractivity (Wildman–Crippen MR) is 97.1 cm³/mol.